The van der Waals surface area contributed by atoms with Crippen LogP contribution < -0.4 is 5.32 Å². The van der Waals surface area contributed by atoms with E-state index >= 15 is 0 Å². The molecule has 0 saturated carbocycles. The van der Waals surface area contributed by atoms with Crippen LogP contribution in [0.5, 0.6) is 0 Å². The smallest absolute Gasteiger partial charge is 0.260 e. The number of hydrogen-bond acceptors (Lipinski definition) is 3. The lowest BCUT2D eigenvalue weighted by atomic mass is 10.2. The van der Waals surface area contributed by atoms with Gasteiger partial charge in [0.25, 0.3) is 5.91 Å². The van der Waals surface area contributed by atoms with Gasteiger partial charge in [0.1, 0.15) is 6.07 Å². The predicted octanol–water partition coefficient (Wildman–Crippen LogP) is 3.82. The van der Waals surface area contributed by atoms with Gasteiger partial charge in [-0.15, -0.1) is 0 Å². The quantitative estimate of drug-likeness (QED) is 0.912. The highest BCUT2D eigenvalue weighted by Gasteiger charge is 2.13. The van der Waals surface area contributed by atoms with Crippen LogP contribution in [-0.2, 0) is 0 Å². The van der Waals surface area contributed by atoms with Crippen LogP contribution in [0.4, 0.5) is 5.69 Å². The maximum atomic E-state index is 11.9. The first-order valence-corrected chi connectivity index (χ1v) is 6.03. The van der Waals surface area contributed by atoms with Crippen molar-refractivity contribution in [2.24, 2.45) is 0 Å². The number of hydrogen-bond donors (Lipinski definition) is 1. The Kier molecular flexibility index (Phi) is 3.70. The second-order valence-corrected chi connectivity index (χ2v) is 4.50. The van der Waals surface area contributed by atoms with Crippen molar-refractivity contribution in [3.8, 4) is 6.07 Å². The Morgan fingerprint density at radius 3 is 2.78 bits per heavy atom. The van der Waals surface area contributed by atoms with Crippen LogP contribution in [0, 0.1) is 11.3 Å². The molecule has 0 fully saturated rings. The minimum absolute atomic E-state index is 0.293. The summed E-state index contributed by atoms with van der Waals surface area (Å²) in [7, 11) is 0. The number of furan rings is 1. The Morgan fingerprint density at radius 2 is 2.22 bits per heavy atom. The lowest BCUT2D eigenvalue weighted by Gasteiger charge is -2.05. The van der Waals surface area contributed by atoms with Gasteiger partial charge >= 0.3 is 0 Å². The number of halogens is 2. The first-order valence-electron chi connectivity index (χ1n) is 4.86. The van der Waals surface area contributed by atoms with Gasteiger partial charge in [-0.3, -0.25) is 4.79 Å². The molecular formula is C12H6BrClN2O2. The molecule has 1 N–H and O–H groups in total. The molecule has 0 unspecified atom stereocenters. The highest BCUT2D eigenvalue weighted by molar-refractivity contribution is 9.10. The zero-order valence-electron chi connectivity index (χ0n) is 8.91. The van der Waals surface area contributed by atoms with E-state index in [1.54, 1.807) is 18.2 Å². The molecule has 0 aliphatic carbocycles. The molecule has 0 spiro atoms. The molecule has 1 heterocycles. The van der Waals surface area contributed by atoms with Gasteiger partial charge in [0.15, 0.2) is 4.67 Å². The van der Waals surface area contributed by atoms with Crippen molar-refractivity contribution in [2.45, 2.75) is 0 Å². The minimum Gasteiger partial charge on any atom is -0.457 e. The van der Waals surface area contributed by atoms with Crippen molar-refractivity contribution in [1.29, 1.82) is 5.26 Å². The highest BCUT2D eigenvalue weighted by atomic mass is 79.9. The zero-order valence-corrected chi connectivity index (χ0v) is 11.2. The summed E-state index contributed by atoms with van der Waals surface area (Å²) in [4.78, 5) is 11.9. The lowest BCUT2D eigenvalue weighted by molar-refractivity contribution is 0.102. The molecule has 4 nitrogen and oxygen atoms in total. The van der Waals surface area contributed by atoms with Crippen LogP contribution in [-0.4, -0.2) is 5.91 Å². The summed E-state index contributed by atoms with van der Waals surface area (Å²) >= 11 is 8.99. The number of nitrogens with zero attached hydrogens (tertiary/aromatic N) is 1. The molecule has 0 atom stereocenters. The van der Waals surface area contributed by atoms with Gasteiger partial charge in [-0.05, 0) is 40.2 Å². The third-order valence-electron chi connectivity index (χ3n) is 2.21. The minimum atomic E-state index is -0.323. The number of nitrogens with one attached hydrogen (secondary N) is 1. The van der Waals surface area contributed by atoms with E-state index in [1.807, 2.05) is 6.07 Å². The number of benzene rings is 1. The summed E-state index contributed by atoms with van der Waals surface area (Å²) in [5.74, 6) is -0.323. The molecule has 0 aliphatic heterocycles. The molecule has 1 aromatic carbocycles. The third kappa shape index (κ3) is 2.55. The first-order chi connectivity index (χ1) is 8.61. The third-order valence-corrected chi connectivity index (χ3v) is 3.14. The van der Waals surface area contributed by atoms with Gasteiger partial charge < -0.3 is 9.73 Å². The second-order valence-electron chi connectivity index (χ2n) is 3.37. The van der Waals surface area contributed by atoms with Crippen LogP contribution in [0.2, 0.25) is 5.02 Å². The van der Waals surface area contributed by atoms with Gasteiger partial charge in [-0.25, -0.2) is 0 Å². The molecule has 2 aromatic rings. The number of nitriles is 1. The average molecular weight is 326 g/mol. The molecule has 1 aromatic heterocycles. The number of rotatable bonds is 2. The summed E-state index contributed by atoms with van der Waals surface area (Å²) in [5.41, 5.74) is 1.26. The zero-order chi connectivity index (χ0) is 13.1. The Morgan fingerprint density at radius 1 is 1.44 bits per heavy atom. The van der Waals surface area contributed by atoms with Crippen LogP contribution in [0.3, 0.4) is 0 Å². The van der Waals surface area contributed by atoms with Gasteiger partial charge in [-0.2, -0.15) is 5.26 Å². The second kappa shape index (κ2) is 5.25. The molecule has 6 heteroatoms. The van der Waals surface area contributed by atoms with E-state index in [2.05, 4.69) is 21.2 Å². The van der Waals surface area contributed by atoms with Crippen molar-refractivity contribution < 1.29 is 9.21 Å². The Labute approximate surface area is 116 Å². The van der Waals surface area contributed by atoms with E-state index in [0.717, 1.165) is 0 Å². The molecule has 0 radical (unpaired) electrons. The summed E-state index contributed by atoms with van der Waals surface area (Å²) in [6, 6.07) is 8.16. The van der Waals surface area contributed by atoms with Crippen molar-refractivity contribution >= 4 is 39.1 Å². The summed E-state index contributed by atoms with van der Waals surface area (Å²) in [6.45, 7) is 0. The topological polar surface area (TPSA) is 66.0 Å². The predicted molar refractivity (Wildman–Crippen MR) is 70.5 cm³/mol. The lowest BCUT2D eigenvalue weighted by Crippen LogP contribution is -2.11. The van der Waals surface area contributed by atoms with Gasteiger partial charge in [-0.1, -0.05) is 11.6 Å². The summed E-state index contributed by atoms with van der Waals surface area (Å²) < 4.78 is 5.33. The fraction of sp³-hybridized carbons (Fsp3) is 0. The molecule has 0 bridgehead atoms. The number of carbonyl (C=O) groups is 1. The molecule has 0 saturated heterocycles. The Bertz CT molecular complexity index is 646. The van der Waals surface area contributed by atoms with Gasteiger partial charge in [0.05, 0.1) is 22.4 Å². The largest absolute Gasteiger partial charge is 0.457 e. The normalized spacial score (nSPS) is 9.83. The van der Waals surface area contributed by atoms with Crippen molar-refractivity contribution in [3.05, 3.63) is 51.3 Å². The number of amides is 1. The van der Waals surface area contributed by atoms with Gasteiger partial charge in [0, 0.05) is 5.69 Å². The molecule has 2 rings (SSSR count). The molecule has 1 amide bonds. The van der Waals surface area contributed by atoms with E-state index in [1.165, 1.54) is 12.3 Å². The molecule has 0 aliphatic rings. The fourth-order valence-electron chi connectivity index (χ4n) is 1.34. The van der Waals surface area contributed by atoms with Gasteiger partial charge in [0.2, 0.25) is 0 Å². The van der Waals surface area contributed by atoms with E-state index < -0.39 is 0 Å². The maximum Gasteiger partial charge on any atom is 0.260 e. The number of anilines is 1. The van der Waals surface area contributed by atoms with E-state index in [0.29, 0.717) is 26.5 Å². The first kappa shape index (κ1) is 12.7. The van der Waals surface area contributed by atoms with E-state index in [4.69, 9.17) is 21.3 Å². The highest BCUT2D eigenvalue weighted by Crippen LogP contribution is 2.22. The van der Waals surface area contributed by atoms with Crippen LogP contribution in [0.25, 0.3) is 0 Å². The molecule has 90 valence electrons. The van der Waals surface area contributed by atoms with Crippen LogP contribution in [0.1, 0.15) is 15.9 Å². The van der Waals surface area contributed by atoms with E-state index in [9.17, 15) is 4.79 Å². The fourth-order valence-corrected chi connectivity index (χ4v) is 1.98. The van der Waals surface area contributed by atoms with Crippen LogP contribution >= 0.6 is 27.5 Å². The summed E-state index contributed by atoms with van der Waals surface area (Å²) in [6.07, 6.45) is 1.41. The SMILES string of the molecule is N#Cc1ccc(NC(=O)c2ccoc2Br)cc1Cl. The van der Waals surface area contributed by atoms with E-state index in [-0.39, 0.29) is 5.91 Å². The molecule has 18 heavy (non-hydrogen) atoms. The van der Waals surface area contributed by atoms with Crippen molar-refractivity contribution in [1.82, 2.24) is 0 Å². The molecular weight excluding hydrogens is 320 g/mol. The van der Waals surface area contributed by atoms with Crippen LogP contribution in [0.15, 0.2) is 39.6 Å². The Hall–Kier alpha value is -1.77. The maximum absolute atomic E-state index is 11.9. The van der Waals surface area contributed by atoms with Crippen molar-refractivity contribution in [3.63, 3.8) is 0 Å². The standard InChI is InChI=1S/C12H6BrClN2O2/c13-11-9(3-4-18-11)12(17)16-8-2-1-7(6-15)10(14)5-8/h1-5H,(H,16,17). The Balaban J connectivity index is 2.21. The van der Waals surface area contributed by atoms with Crippen molar-refractivity contribution in [2.75, 3.05) is 5.32 Å². The monoisotopic (exact) mass is 324 g/mol. The summed E-state index contributed by atoms with van der Waals surface area (Å²) in [5, 5.41) is 11.7. The number of carbonyl (C=O) groups excluding carboxylic acids is 1. The average Bonchev–Trinajstić information content (AvgIpc) is 2.76.